The van der Waals surface area contributed by atoms with Gasteiger partial charge in [-0.25, -0.2) is 4.39 Å². The molecule has 0 spiro atoms. The largest absolute Gasteiger partial charge is 0.481 e. The van der Waals surface area contributed by atoms with Crippen LogP contribution in [0.3, 0.4) is 0 Å². The van der Waals surface area contributed by atoms with Crippen molar-refractivity contribution in [1.29, 1.82) is 0 Å². The highest BCUT2D eigenvalue weighted by Crippen LogP contribution is 2.15. The Morgan fingerprint density at radius 1 is 1.57 bits per heavy atom. The fourth-order valence-corrected chi connectivity index (χ4v) is 0.976. The van der Waals surface area contributed by atoms with E-state index < -0.39 is 11.8 Å². The summed E-state index contributed by atoms with van der Waals surface area (Å²) in [6.45, 7) is 0. The van der Waals surface area contributed by atoms with Gasteiger partial charge in [0.1, 0.15) is 12.2 Å². The quantitative estimate of drug-likeness (QED) is 0.726. The lowest BCUT2D eigenvalue weighted by atomic mass is 10.2. The molecule has 0 aliphatic heterocycles. The average Bonchev–Trinajstić information content (AvgIpc) is 2.10. The van der Waals surface area contributed by atoms with E-state index >= 15 is 0 Å². The van der Waals surface area contributed by atoms with Gasteiger partial charge in [0, 0.05) is 5.56 Å². The molecule has 0 unspecified atom stereocenters. The van der Waals surface area contributed by atoms with Crippen LogP contribution in [0.4, 0.5) is 4.39 Å². The summed E-state index contributed by atoms with van der Waals surface area (Å²) >= 11 is 5.50. The molecule has 14 heavy (non-hydrogen) atoms. The van der Waals surface area contributed by atoms with Gasteiger partial charge in [-0.15, -0.1) is 0 Å². The van der Waals surface area contributed by atoms with E-state index in [9.17, 15) is 9.18 Å². The number of benzene rings is 1. The Bertz CT molecular complexity index is 418. The first-order valence-electron chi connectivity index (χ1n) is 3.75. The maximum atomic E-state index is 12.7. The molecule has 1 N–H and O–H groups in total. The molecular weight excluding hydrogens is 207 g/mol. The first kappa shape index (κ1) is 10.6. The van der Waals surface area contributed by atoms with Crippen LogP contribution >= 0.6 is 11.6 Å². The summed E-state index contributed by atoms with van der Waals surface area (Å²) in [6, 6.07) is 3.98. The van der Waals surface area contributed by atoms with Gasteiger partial charge in [0.15, 0.2) is 0 Å². The van der Waals surface area contributed by atoms with Crippen molar-refractivity contribution in [3.05, 3.63) is 34.6 Å². The summed E-state index contributed by atoms with van der Waals surface area (Å²) in [5.74, 6) is 3.47. The van der Waals surface area contributed by atoms with Crippen molar-refractivity contribution < 1.29 is 14.3 Å². The van der Waals surface area contributed by atoms with Crippen LogP contribution in [0, 0.1) is 17.7 Å². The molecule has 0 bridgehead atoms. The Hall–Kier alpha value is -1.53. The molecule has 2 nitrogen and oxygen atoms in total. The van der Waals surface area contributed by atoms with E-state index in [1.54, 1.807) is 0 Å². The van der Waals surface area contributed by atoms with E-state index in [0.29, 0.717) is 5.56 Å². The molecule has 0 fully saturated rings. The molecule has 0 heterocycles. The van der Waals surface area contributed by atoms with E-state index in [1.807, 2.05) is 0 Å². The number of carboxylic acid groups (broad SMARTS) is 1. The highest BCUT2D eigenvalue weighted by molar-refractivity contribution is 6.30. The molecule has 0 aromatic heterocycles. The summed E-state index contributed by atoms with van der Waals surface area (Å²) in [5, 5.41) is 8.28. The van der Waals surface area contributed by atoms with Gasteiger partial charge >= 0.3 is 5.97 Å². The molecular formula is C10H6ClFO2. The molecule has 0 atom stereocenters. The maximum absolute atomic E-state index is 12.7. The van der Waals surface area contributed by atoms with Gasteiger partial charge in [-0.05, 0) is 18.2 Å². The van der Waals surface area contributed by atoms with Gasteiger partial charge in [-0.1, -0.05) is 23.4 Å². The van der Waals surface area contributed by atoms with Crippen LogP contribution in [-0.2, 0) is 4.79 Å². The zero-order valence-electron chi connectivity index (χ0n) is 7.05. The Morgan fingerprint density at radius 2 is 2.29 bits per heavy atom. The molecule has 1 rings (SSSR count). The lowest BCUT2D eigenvalue weighted by Crippen LogP contribution is -1.90. The fraction of sp³-hybridized carbons (Fsp3) is 0.100. The molecule has 4 heteroatoms. The normalized spacial score (nSPS) is 9.00. The number of hydrogen-bond acceptors (Lipinski definition) is 1. The number of aliphatic carboxylic acids is 1. The van der Waals surface area contributed by atoms with Crippen LogP contribution < -0.4 is 0 Å². The predicted octanol–water partition coefficient (Wildman–Crippen LogP) is 2.31. The second-order valence-corrected chi connectivity index (χ2v) is 2.91. The maximum Gasteiger partial charge on any atom is 0.315 e. The smallest absolute Gasteiger partial charge is 0.315 e. The minimum atomic E-state index is -0.995. The Balaban J connectivity index is 2.81. The van der Waals surface area contributed by atoms with E-state index in [2.05, 4.69) is 11.8 Å². The number of halogens is 2. The molecule has 1 aromatic carbocycles. The number of hydrogen-bond donors (Lipinski definition) is 1. The third-order valence-electron chi connectivity index (χ3n) is 1.39. The average molecular weight is 213 g/mol. The molecule has 0 saturated heterocycles. The molecule has 0 radical (unpaired) electrons. The van der Waals surface area contributed by atoms with Crippen molar-refractivity contribution in [2.45, 2.75) is 6.42 Å². The third kappa shape index (κ3) is 3.08. The van der Waals surface area contributed by atoms with Crippen molar-refractivity contribution >= 4 is 17.6 Å². The Kier molecular flexibility index (Phi) is 3.49. The number of carbonyl (C=O) groups is 1. The second-order valence-electron chi connectivity index (χ2n) is 2.50. The standard InChI is InChI=1S/C10H6ClFO2/c11-8-6-7(4-5-9(8)12)2-1-3-10(13)14/h4-6H,3H2,(H,13,14). The van der Waals surface area contributed by atoms with Crippen LogP contribution in [0.25, 0.3) is 0 Å². The van der Waals surface area contributed by atoms with Crippen LogP contribution in [0.1, 0.15) is 12.0 Å². The zero-order valence-corrected chi connectivity index (χ0v) is 7.81. The van der Waals surface area contributed by atoms with E-state index in [-0.39, 0.29) is 11.4 Å². The van der Waals surface area contributed by atoms with Crippen molar-refractivity contribution in [2.75, 3.05) is 0 Å². The SMILES string of the molecule is O=C(O)CC#Cc1ccc(F)c(Cl)c1. The summed E-state index contributed by atoms with van der Waals surface area (Å²) in [5.41, 5.74) is 0.498. The first-order valence-corrected chi connectivity index (χ1v) is 4.13. The Morgan fingerprint density at radius 3 is 2.86 bits per heavy atom. The van der Waals surface area contributed by atoms with Gasteiger partial charge in [0.2, 0.25) is 0 Å². The van der Waals surface area contributed by atoms with Gasteiger partial charge in [0.25, 0.3) is 0 Å². The molecule has 1 aromatic rings. The van der Waals surface area contributed by atoms with Crippen LogP contribution in [0.15, 0.2) is 18.2 Å². The molecule has 0 aliphatic carbocycles. The molecule has 0 aliphatic rings. The van der Waals surface area contributed by atoms with Gasteiger partial charge in [-0.2, -0.15) is 0 Å². The minimum absolute atomic E-state index is 0.0212. The van der Waals surface area contributed by atoms with Crippen LogP contribution in [0.2, 0.25) is 5.02 Å². The first-order chi connectivity index (χ1) is 6.59. The van der Waals surface area contributed by atoms with Crippen molar-refractivity contribution in [3.63, 3.8) is 0 Å². The third-order valence-corrected chi connectivity index (χ3v) is 1.68. The summed E-state index contributed by atoms with van der Waals surface area (Å²) in [7, 11) is 0. The molecule has 0 amide bonds. The summed E-state index contributed by atoms with van der Waals surface area (Å²) in [6.07, 6.45) is -0.241. The van der Waals surface area contributed by atoms with Crippen molar-refractivity contribution in [1.82, 2.24) is 0 Å². The predicted molar refractivity (Wildman–Crippen MR) is 50.5 cm³/mol. The van der Waals surface area contributed by atoms with E-state index in [4.69, 9.17) is 16.7 Å². The van der Waals surface area contributed by atoms with Gasteiger partial charge < -0.3 is 5.11 Å². The summed E-state index contributed by atoms with van der Waals surface area (Å²) in [4.78, 5) is 10.1. The van der Waals surface area contributed by atoms with Crippen molar-refractivity contribution in [3.8, 4) is 11.8 Å². The number of rotatable bonds is 1. The lowest BCUT2D eigenvalue weighted by molar-refractivity contribution is -0.135. The van der Waals surface area contributed by atoms with Crippen LogP contribution in [-0.4, -0.2) is 11.1 Å². The Labute approximate surface area is 85.3 Å². The monoisotopic (exact) mass is 212 g/mol. The fourth-order valence-electron chi connectivity index (χ4n) is 0.796. The zero-order chi connectivity index (χ0) is 10.6. The highest BCUT2D eigenvalue weighted by Gasteiger charge is 1.98. The number of carboxylic acids is 1. The second kappa shape index (κ2) is 4.64. The molecule has 72 valence electrons. The van der Waals surface area contributed by atoms with Crippen LogP contribution in [0.5, 0.6) is 0 Å². The topological polar surface area (TPSA) is 37.3 Å². The lowest BCUT2D eigenvalue weighted by Gasteiger charge is -1.93. The summed E-state index contributed by atoms with van der Waals surface area (Å²) < 4.78 is 12.7. The van der Waals surface area contributed by atoms with Crippen molar-refractivity contribution in [2.24, 2.45) is 0 Å². The van der Waals surface area contributed by atoms with Gasteiger partial charge in [0.05, 0.1) is 5.02 Å². The van der Waals surface area contributed by atoms with E-state index in [0.717, 1.165) is 0 Å². The van der Waals surface area contributed by atoms with Gasteiger partial charge in [-0.3, -0.25) is 4.79 Å². The van der Waals surface area contributed by atoms with E-state index in [1.165, 1.54) is 18.2 Å². The minimum Gasteiger partial charge on any atom is -0.481 e. The molecule has 0 saturated carbocycles. The highest BCUT2D eigenvalue weighted by atomic mass is 35.5.